The molecular formula is C23H29N3O4. The van der Waals surface area contributed by atoms with E-state index in [4.69, 9.17) is 0 Å². The van der Waals surface area contributed by atoms with E-state index in [0.717, 1.165) is 57.0 Å². The molecule has 3 aromatic heterocycles. The molecule has 7 heteroatoms. The van der Waals surface area contributed by atoms with Gasteiger partial charge in [0.2, 0.25) is 0 Å². The molecule has 0 aliphatic carbocycles. The van der Waals surface area contributed by atoms with Gasteiger partial charge in [-0.15, -0.1) is 0 Å². The Labute approximate surface area is 175 Å². The van der Waals surface area contributed by atoms with Crippen LogP contribution in [0.2, 0.25) is 0 Å². The first-order valence-electron chi connectivity index (χ1n) is 10.1. The van der Waals surface area contributed by atoms with Crippen LogP contribution in [-0.4, -0.2) is 37.1 Å². The molecule has 7 nitrogen and oxygen atoms in total. The van der Waals surface area contributed by atoms with E-state index in [1.54, 1.807) is 0 Å². The van der Waals surface area contributed by atoms with Crippen molar-refractivity contribution in [3.05, 3.63) is 67.5 Å². The van der Waals surface area contributed by atoms with Crippen LogP contribution in [0.5, 0.6) is 0 Å². The third-order valence-corrected chi connectivity index (χ3v) is 6.39. The Morgan fingerprint density at radius 1 is 0.633 bits per heavy atom. The highest BCUT2D eigenvalue weighted by molar-refractivity contribution is 5.88. The van der Waals surface area contributed by atoms with Gasteiger partial charge in [-0.2, -0.15) is 0 Å². The average molecular weight is 412 g/mol. The maximum atomic E-state index is 11.4. The van der Waals surface area contributed by atoms with Crippen LogP contribution in [0.1, 0.15) is 84.1 Å². The van der Waals surface area contributed by atoms with Gasteiger partial charge < -0.3 is 25.2 Å². The highest BCUT2D eigenvalue weighted by Crippen LogP contribution is 2.28. The van der Waals surface area contributed by atoms with Crippen LogP contribution >= 0.6 is 0 Å². The molecule has 0 saturated heterocycles. The normalized spacial score (nSPS) is 11.3. The number of hydrogen-bond acceptors (Lipinski definition) is 2. The van der Waals surface area contributed by atoms with E-state index in [1.807, 2.05) is 27.7 Å². The second-order valence-electron chi connectivity index (χ2n) is 7.96. The second kappa shape index (κ2) is 7.89. The van der Waals surface area contributed by atoms with Crippen LogP contribution in [-0.2, 0) is 19.3 Å². The molecule has 0 saturated carbocycles. The lowest BCUT2D eigenvalue weighted by Crippen LogP contribution is -2.00. The molecule has 0 unspecified atom stereocenters. The Hall–Kier alpha value is -3.22. The van der Waals surface area contributed by atoms with Crippen LogP contribution in [0, 0.1) is 34.6 Å². The Kier molecular flexibility index (Phi) is 5.65. The van der Waals surface area contributed by atoms with Crippen LogP contribution in [0.25, 0.3) is 0 Å². The van der Waals surface area contributed by atoms with E-state index in [2.05, 4.69) is 28.8 Å². The fraction of sp³-hybridized carbons (Fsp3) is 0.391. The summed E-state index contributed by atoms with van der Waals surface area (Å²) < 4.78 is 0. The molecule has 3 rings (SSSR count). The second-order valence-corrected chi connectivity index (χ2v) is 7.96. The number of carboxylic acids is 2. The predicted octanol–water partition coefficient (Wildman–Crippen LogP) is 4.35. The number of rotatable bonds is 7. The summed E-state index contributed by atoms with van der Waals surface area (Å²) in [6, 6.07) is 0. The van der Waals surface area contributed by atoms with E-state index < -0.39 is 11.9 Å². The Morgan fingerprint density at radius 2 is 1.03 bits per heavy atom. The van der Waals surface area contributed by atoms with Gasteiger partial charge in [-0.3, -0.25) is 0 Å². The molecule has 0 aromatic carbocycles. The first-order valence-corrected chi connectivity index (χ1v) is 10.1. The molecule has 0 aliphatic rings. The lowest BCUT2D eigenvalue weighted by molar-refractivity contribution is 0.0679. The Balaban J connectivity index is 1.98. The minimum atomic E-state index is -0.952. The lowest BCUT2D eigenvalue weighted by atomic mass is 10.0. The molecule has 30 heavy (non-hydrogen) atoms. The highest BCUT2D eigenvalue weighted by atomic mass is 16.4. The van der Waals surface area contributed by atoms with Crippen LogP contribution in [0.3, 0.4) is 0 Å². The molecule has 0 atom stereocenters. The largest absolute Gasteiger partial charge is 0.477 e. The number of aromatic amines is 3. The number of aromatic nitrogens is 3. The minimum Gasteiger partial charge on any atom is -0.477 e. The van der Waals surface area contributed by atoms with Gasteiger partial charge in [0, 0.05) is 35.6 Å². The van der Waals surface area contributed by atoms with Crippen molar-refractivity contribution in [2.45, 2.75) is 60.8 Å². The third-order valence-electron chi connectivity index (χ3n) is 6.39. The van der Waals surface area contributed by atoms with Gasteiger partial charge in [-0.1, -0.05) is 6.92 Å². The topological polar surface area (TPSA) is 122 Å². The fourth-order valence-corrected chi connectivity index (χ4v) is 4.21. The maximum Gasteiger partial charge on any atom is 0.352 e. The summed E-state index contributed by atoms with van der Waals surface area (Å²) in [5.41, 5.74) is 10.2. The Morgan fingerprint density at radius 3 is 1.40 bits per heavy atom. The SMILES string of the molecule is CCc1c(Cc2[nH]c(C(=O)O)c(C)c2C)[nH]c(Cc2[nH]c(C(=O)O)c(C)c2C)c1C. The van der Waals surface area contributed by atoms with Gasteiger partial charge in [0.25, 0.3) is 0 Å². The number of hydrogen-bond donors (Lipinski definition) is 5. The van der Waals surface area contributed by atoms with Crippen LogP contribution < -0.4 is 0 Å². The van der Waals surface area contributed by atoms with Gasteiger partial charge in [0.1, 0.15) is 11.4 Å². The number of carboxylic acid groups (broad SMARTS) is 2. The summed E-state index contributed by atoms with van der Waals surface area (Å²) in [5, 5.41) is 18.8. The summed E-state index contributed by atoms with van der Waals surface area (Å²) in [6.07, 6.45) is 2.03. The van der Waals surface area contributed by atoms with Crippen molar-refractivity contribution in [1.29, 1.82) is 0 Å². The Bertz CT molecular complexity index is 1140. The molecular weight excluding hydrogens is 382 g/mol. The standard InChI is InChI=1S/C23H29N3O4/c1-7-15-14(6)18(8-16-10(2)12(4)20(25-16)22(27)28)24-19(15)9-17-11(3)13(5)21(26-17)23(29)30/h24-26H,7-9H2,1-6H3,(H,27,28)(H,29,30). The third kappa shape index (κ3) is 3.56. The summed E-state index contributed by atoms with van der Waals surface area (Å²) in [5.74, 6) is -1.90. The number of nitrogens with one attached hydrogen (secondary N) is 3. The maximum absolute atomic E-state index is 11.4. The molecule has 0 radical (unpaired) electrons. The summed E-state index contributed by atoms with van der Waals surface area (Å²) in [4.78, 5) is 32.6. The molecule has 160 valence electrons. The molecule has 0 bridgehead atoms. The van der Waals surface area contributed by atoms with E-state index in [0.29, 0.717) is 12.8 Å². The van der Waals surface area contributed by atoms with Gasteiger partial charge in [0.05, 0.1) is 0 Å². The van der Waals surface area contributed by atoms with Crippen molar-refractivity contribution in [2.24, 2.45) is 0 Å². The van der Waals surface area contributed by atoms with Crippen molar-refractivity contribution < 1.29 is 19.8 Å². The zero-order valence-corrected chi connectivity index (χ0v) is 18.3. The quantitative estimate of drug-likeness (QED) is 0.397. The van der Waals surface area contributed by atoms with Gasteiger partial charge in [-0.25, -0.2) is 9.59 Å². The van der Waals surface area contributed by atoms with Crippen molar-refractivity contribution in [1.82, 2.24) is 15.0 Å². The van der Waals surface area contributed by atoms with E-state index >= 15 is 0 Å². The predicted molar refractivity (Wildman–Crippen MR) is 115 cm³/mol. The van der Waals surface area contributed by atoms with E-state index in [1.165, 1.54) is 5.56 Å². The number of aromatic carboxylic acids is 2. The van der Waals surface area contributed by atoms with Gasteiger partial charge >= 0.3 is 11.9 Å². The molecule has 0 fully saturated rings. The van der Waals surface area contributed by atoms with Crippen molar-refractivity contribution in [3.8, 4) is 0 Å². The summed E-state index contributed by atoms with van der Waals surface area (Å²) in [7, 11) is 0. The van der Waals surface area contributed by atoms with Crippen molar-refractivity contribution >= 4 is 11.9 Å². The zero-order chi connectivity index (χ0) is 22.3. The molecule has 5 N–H and O–H groups in total. The fourth-order valence-electron chi connectivity index (χ4n) is 4.21. The van der Waals surface area contributed by atoms with Gasteiger partial charge in [0.15, 0.2) is 0 Å². The van der Waals surface area contributed by atoms with Crippen LogP contribution in [0.4, 0.5) is 0 Å². The average Bonchev–Trinajstić information content (AvgIpc) is 3.24. The first kappa shape index (κ1) is 21.5. The van der Waals surface area contributed by atoms with Crippen molar-refractivity contribution in [2.75, 3.05) is 0 Å². The summed E-state index contributed by atoms with van der Waals surface area (Å²) in [6.45, 7) is 11.7. The van der Waals surface area contributed by atoms with Crippen molar-refractivity contribution in [3.63, 3.8) is 0 Å². The minimum absolute atomic E-state index is 0.237. The number of H-pyrrole nitrogens is 3. The molecule has 0 spiro atoms. The molecule has 3 aromatic rings. The zero-order valence-electron chi connectivity index (χ0n) is 18.3. The molecule has 3 heterocycles. The highest BCUT2D eigenvalue weighted by Gasteiger charge is 2.21. The lowest BCUT2D eigenvalue weighted by Gasteiger charge is -2.03. The van der Waals surface area contributed by atoms with Gasteiger partial charge in [-0.05, 0) is 74.4 Å². The monoisotopic (exact) mass is 411 g/mol. The smallest absolute Gasteiger partial charge is 0.352 e. The van der Waals surface area contributed by atoms with E-state index in [-0.39, 0.29) is 11.4 Å². The summed E-state index contributed by atoms with van der Waals surface area (Å²) >= 11 is 0. The number of carbonyl (C=O) groups is 2. The first-order chi connectivity index (χ1) is 14.1. The molecule has 0 amide bonds. The van der Waals surface area contributed by atoms with E-state index in [9.17, 15) is 19.8 Å². The van der Waals surface area contributed by atoms with Crippen LogP contribution in [0.15, 0.2) is 0 Å². The molecule has 0 aliphatic heterocycles.